The van der Waals surface area contributed by atoms with Gasteiger partial charge in [0.1, 0.15) is 0 Å². The fraction of sp³-hybridized carbons (Fsp3) is 0.333. The molecular formula is C15H15Cl2N3OS. The molecular weight excluding hydrogens is 341 g/mol. The van der Waals surface area contributed by atoms with Crippen LogP contribution in [0.1, 0.15) is 23.9 Å². The highest BCUT2D eigenvalue weighted by atomic mass is 35.5. The molecule has 1 aliphatic rings. The summed E-state index contributed by atoms with van der Waals surface area (Å²) in [5, 5.41) is 7.02. The van der Waals surface area contributed by atoms with Gasteiger partial charge in [-0.3, -0.25) is 5.32 Å². The van der Waals surface area contributed by atoms with E-state index in [1.807, 2.05) is 0 Å². The van der Waals surface area contributed by atoms with E-state index in [1.54, 1.807) is 29.5 Å². The van der Waals surface area contributed by atoms with Crippen LogP contribution >= 0.6 is 34.5 Å². The lowest BCUT2D eigenvalue weighted by Gasteiger charge is -2.15. The Hall–Kier alpha value is -1.30. The van der Waals surface area contributed by atoms with E-state index < -0.39 is 0 Å². The molecule has 1 heterocycles. The molecule has 0 fully saturated rings. The number of aryl methyl sites for hydroxylation is 1. The summed E-state index contributed by atoms with van der Waals surface area (Å²) < 4.78 is 0. The van der Waals surface area contributed by atoms with Crippen molar-refractivity contribution in [2.75, 3.05) is 10.6 Å². The van der Waals surface area contributed by atoms with Gasteiger partial charge >= 0.3 is 6.03 Å². The zero-order chi connectivity index (χ0) is 15.7. The number of hydrogen-bond donors (Lipinski definition) is 2. The van der Waals surface area contributed by atoms with Gasteiger partial charge in [-0.15, -0.1) is 11.3 Å². The number of amides is 2. The molecule has 0 radical (unpaired) electrons. The van der Waals surface area contributed by atoms with Crippen molar-refractivity contribution < 1.29 is 4.79 Å². The van der Waals surface area contributed by atoms with Crippen LogP contribution in [-0.2, 0) is 12.8 Å². The van der Waals surface area contributed by atoms with Gasteiger partial charge in [-0.05, 0) is 43.4 Å². The number of carbonyl (C=O) groups excluding carboxylic acids is 1. The van der Waals surface area contributed by atoms with Crippen LogP contribution in [-0.4, -0.2) is 11.0 Å². The Morgan fingerprint density at radius 2 is 2.18 bits per heavy atom. The standard InChI is InChI=1S/C15H15Cl2N3OS/c1-8-2-4-12-13(6-8)22-15(19-12)20-14(21)18-11-5-3-9(16)7-10(11)17/h3,5,7-8H,2,4,6H2,1H3,(H2,18,19,20,21)/t8-/m0/s1. The Balaban J connectivity index is 1.67. The molecule has 1 atom stereocenters. The molecule has 0 aliphatic heterocycles. The van der Waals surface area contributed by atoms with Crippen molar-refractivity contribution in [2.24, 2.45) is 5.92 Å². The Bertz CT molecular complexity index is 717. The lowest BCUT2D eigenvalue weighted by atomic mass is 9.93. The Labute approximate surface area is 142 Å². The Morgan fingerprint density at radius 1 is 1.36 bits per heavy atom. The molecule has 0 bridgehead atoms. The van der Waals surface area contributed by atoms with Crippen molar-refractivity contribution in [1.29, 1.82) is 0 Å². The van der Waals surface area contributed by atoms with E-state index >= 15 is 0 Å². The molecule has 116 valence electrons. The highest BCUT2D eigenvalue weighted by Gasteiger charge is 2.20. The Kier molecular flexibility index (Phi) is 4.57. The summed E-state index contributed by atoms with van der Waals surface area (Å²) in [6.07, 6.45) is 3.18. The number of rotatable bonds is 2. The molecule has 2 amide bonds. The van der Waals surface area contributed by atoms with Gasteiger partial charge < -0.3 is 5.32 Å². The van der Waals surface area contributed by atoms with Crippen LogP contribution in [0, 0.1) is 5.92 Å². The van der Waals surface area contributed by atoms with Gasteiger partial charge in [0.2, 0.25) is 0 Å². The predicted molar refractivity (Wildman–Crippen MR) is 92.4 cm³/mol. The van der Waals surface area contributed by atoms with Crippen molar-refractivity contribution in [1.82, 2.24) is 4.98 Å². The first-order chi connectivity index (χ1) is 10.5. The van der Waals surface area contributed by atoms with E-state index in [9.17, 15) is 4.79 Å². The minimum atomic E-state index is -0.358. The molecule has 0 unspecified atom stereocenters. The molecule has 0 saturated heterocycles. The third-order valence-electron chi connectivity index (χ3n) is 3.59. The summed E-state index contributed by atoms with van der Waals surface area (Å²) >= 11 is 13.4. The van der Waals surface area contributed by atoms with E-state index in [2.05, 4.69) is 22.5 Å². The number of nitrogens with one attached hydrogen (secondary N) is 2. The number of benzene rings is 1. The summed E-state index contributed by atoms with van der Waals surface area (Å²) in [4.78, 5) is 17.8. The third-order valence-corrected chi connectivity index (χ3v) is 5.17. The van der Waals surface area contributed by atoms with Crippen LogP contribution < -0.4 is 10.6 Å². The van der Waals surface area contributed by atoms with Crippen LogP contribution in [0.3, 0.4) is 0 Å². The SMILES string of the molecule is C[C@H]1CCc2nc(NC(=O)Nc3ccc(Cl)cc3Cl)sc2C1. The van der Waals surface area contributed by atoms with Crippen LogP contribution in [0.2, 0.25) is 10.0 Å². The molecule has 1 aliphatic carbocycles. The molecule has 22 heavy (non-hydrogen) atoms. The van der Waals surface area contributed by atoms with E-state index in [1.165, 1.54) is 4.88 Å². The number of hydrogen-bond acceptors (Lipinski definition) is 3. The highest BCUT2D eigenvalue weighted by Crippen LogP contribution is 2.32. The number of carbonyl (C=O) groups is 1. The minimum absolute atomic E-state index is 0.358. The van der Waals surface area contributed by atoms with Crippen molar-refractivity contribution >= 4 is 51.4 Å². The van der Waals surface area contributed by atoms with Crippen molar-refractivity contribution in [3.63, 3.8) is 0 Å². The van der Waals surface area contributed by atoms with Gasteiger partial charge in [0.05, 0.1) is 16.4 Å². The van der Waals surface area contributed by atoms with Crippen molar-refractivity contribution in [3.05, 3.63) is 38.8 Å². The monoisotopic (exact) mass is 355 g/mol. The number of aromatic nitrogens is 1. The minimum Gasteiger partial charge on any atom is -0.306 e. The quantitative estimate of drug-likeness (QED) is 0.775. The molecule has 1 aromatic heterocycles. The van der Waals surface area contributed by atoms with Gasteiger partial charge in [0.25, 0.3) is 0 Å². The molecule has 1 aromatic carbocycles. The summed E-state index contributed by atoms with van der Waals surface area (Å²) in [6.45, 7) is 2.24. The summed E-state index contributed by atoms with van der Waals surface area (Å²) in [6, 6.07) is 4.57. The molecule has 7 heteroatoms. The van der Waals surface area contributed by atoms with E-state index in [4.69, 9.17) is 23.2 Å². The zero-order valence-electron chi connectivity index (χ0n) is 12.0. The lowest BCUT2D eigenvalue weighted by Crippen LogP contribution is -2.19. The smallest absolute Gasteiger partial charge is 0.306 e. The molecule has 2 aromatic rings. The third kappa shape index (κ3) is 3.54. The van der Waals surface area contributed by atoms with Crippen molar-refractivity contribution in [2.45, 2.75) is 26.2 Å². The first-order valence-electron chi connectivity index (χ1n) is 7.03. The number of halogens is 2. The normalized spacial score (nSPS) is 17.0. The van der Waals surface area contributed by atoms with Crippen LogP contribution in [0.4, 0.5) is 15.6 Å². The van der Waals surface area contributed by atoms with E-state index in [0.29, 0.717) is 26.8 Å². The maximum absolute atomic E-state index is 12.0. The number of anilines is 2. The number of urea groups is 1. The van der Waals surface area contributed by atoms with Gasteiger partial charge in [-0.2, -0.15) is 0 Å². The maximum atomic E-state index is 12.0. The van der Waals surface area contributed by atoms with Crippen LogP contribution in [0.5, 0.6) is 0 Å². The first kappa shape index (κ1) is 15.6. The summed E-state index contributed by atoms with van der Waals surface area (Å²) in [7, 11) is 0. The zero-order valence-corrected chi connectivity index (χ0v) is 14.3. The lowest BCUT2D eigenvalue weighted by molar-refractivity contribution is 0.262. The molecule has 0 spiro atoms. The molecule has 2 N–H and O–H groups in total. The Morgan fingerprint density at radius 3 is 2.95 bits per heavy atom. The largest absolute Gasteiger partial charge is 0.325 e. The average Bonchev–Trinajstić information content (AvgIpc) is 2.83. The average molecular weight is 356 g/mol. The second-order valence-corrected chi connectivity index (χ2v) is 7.37. The van der Waals surface area contributed by atoms with Crippen molar-refractivity contribution in [3.8, 4) is 0 Å². The number of thiazole rings is 1. The molecule has 0 saturated carbocycles. The fourth-order valence-electron chi connectivity index (χ4n) is 2.43. The number of nitrogens with zero attached hydrogens (tertiary/aromatic N) is 1. The first-order valence-corrected chi connectivity index (χ1v) is 8.60. The van der Waals surface area contributed by atoms with Gasteiger partial charge in [0, 0.05) is 9.90 Å². The van der Waals surface area contributed by atoms with Gasteiger partial charge in [0.15, 0.2) is 5.13 Å². The second kappa shape index (κ2) is 6.44. The van der Waals surface area contributed by atoms with Crippen LogP contribution in [0.25, 0.3) is 0 Å². The number of fused-ring (bicyclic) bond motifs is 1. The molecule has 3 rings (SSSR count). The fourth-order valence-corrected chi connectivity index (χ4v) is 4.06. The molecule has 4 nitrogen and oxygen atoms in total. The summed E-state index contributed by atoms with van der Waals surface area (Å²) in [5.74, 6) is 0.683. The maximum Gasteiger partial charge on any atom is 0.325 e. The predicted octanol–water partition coefficient (Wildman–Crippen LogP) is 5.22. The van der Waals surface area contributed by atoms with Crippen LogP contribution in [0.15, 0.2) is 18.2 Å². The second-order valence-electron chi connectivity index (χ2n) is 5.44. The van der Waals surface area contributed by atoms with E-state index in [-0.39, 0.29) is 6.03 Å². The highest BCUT2D eigenvalue weighted by molar-refractivity contribution is 7.15. The van der Waals surface area contributed by atoms with E-state index in [0.717, 1.165) is 25.0 Å². The topological polar surface area (TPSA) is 54.0 Å². The van der Waals surface area contributed by atoms with Gasteiger partial charge in [-0.1, -0.05) is 30.1 Å². The summed E-state index contributed by atoms with van der Waals surface area (Å²) in [5.41, 5.74) is 1.63. The van der Waals surface area contributed by atoms with Gasteiger partial charge in [-0.25, -0.2) is 9.78 Å².